The number of hydrogen-bond donors (Lipinski definition) is 2. The Labute approximate surface area is 125 Å². The van der Waals surface area contributed by atoms with Gasteiger partial charge in [-0.15, -0.1) is 0 Å². The molecule has 0 amide bonds. The molecule has 1 heterocycles. The quantitative estimate of drug-likeness (QED) is 0.848. The van der Waals surface area contributed by atoms with Gasteiger partial charge in [-0.05, 0) is 47.4 Å². The Bertz CT molecular complexity index is 700. The van der Waals surface area contributed by atoms with Crippen LogP contribution >= 0.6 is 0 Å². The van der Waals surface area contributed by atoms with Crippen LogP contribution in [0.1, 0.15) is 23.6 Å². The van der Waals surface area contributed by atoms with Gasteiger partial charge in [0.25, 0.3) is 0 Å². The molecule has 112 valence electrons. The van der Waals surface area contributed by atoms with Crippen molar-refractivity contribution in [2.45, 2.75) is 31.3 Å². The van der Waals surface area contributed by atoms with Crippen LogP contribution in [0, 0.1) is 0 Å². The van der Waals surface area contributed by atoms with Gasteiger partial charge in [-0.2, -0.15) is 0 Å². The molecule has 3 N–H and O–H groups in total. The van der Waals surface area contributed by atoms with Crippen molar-refractivity contribution in [3.8, 4) is 0 Å². The molecule has 1 aromatic carbocycles. The van der Waals surface area contributed by atoms with Gasteiger partial charge in [0.15, 0.2) is 0 Å². The molecular formula is C15H19N3O2S. The number of hydrogen-bond acceptors (Lipinski definition) is 4. The minimum atomic E-state index is -3.54. The zero-order valence-corrected chi connectivity index (χ0v) is 12.7. The van der Waals surface area contributed by atoms with Gasteiger partial charge in [0.05, 0.1) is 4.90 Å². The maximum atomic E-state index is 12.3. The van der Waals surface area contributed by atoms with Gasteiger partial charge in [-0.1, -0.05) is 13.0 Å². The van der Waals surface area contributed by atoms with Crippen LogP contribution in [-0.4, -0.2) is 13.4 Å². The molecule has 0 spiro atoms. The smallest absolute Gasteiger partial charge is 0.240 e. The lowest BCUT2D eigenvalue weighted by molar-refractivity contribution is 0.581. The second-order valence-electron chi connectivity index (χ2n) is 4.67. The van der Waals surface area contributed by atoms with E-state index in [0.29, 0.717) is 6.54 Å². The van der Waals surface area contributed by atoms with Crippen LogP contribution in [0.15, 0.2) is 47.6 Å². The summed E-state index contributed by atoms with van der Waals surface area (Å²) >= 11 is 0. The van der Waals surface area contributed by atoms with E-state index in [1.807, 2.05) is 13.0 Å². The van der Waals surface area contributed by atoms with Crippen LogP contribution in [0.25, 0.3) is 0 Å². The monoisotopic (exact) mass is 305 g/mol. The fraction of sp³-hybridized carbons (Fsp3) is 0.267. The summed E-state index contributed by atoms with van der Waals surface area (Å²) in [6, 6.07) is 8.63. The van der Waals surface area contributed by atoms with Gasteiger partial charge in [0, 0.05) is 25.5 Å². The van der Waals surface area contributed by atoms with E-state index in [9.17, 15) is 8.42 Å². The van der Waals surface area contributed by atoms with Gasteiger partial charge in [0.1, 0.15) is 0 Å². The number of nitrogens with one attached hydrogen (secondary N) is 1. The molecule has 2 rings (SSSR count). The first kappa shape index (κ1) is 15.6. The maximum Gasteiger partial charge on any atom is 0.240 e. The molecule has 5 nitrogen and oxygen atoms in total. The van der Waals surface area contributed by atoms with Gasteiger partial charge in [0.2, 0.25) is 10.0 Å². The minimum absolute atomic E-state index is 0.234. The molecule has 0 saturated carbocycles. The highest BCUT2D eigenvalue weighted by Crippen LogP contribution is 2.16. The third kappa shape index (κ3) is 3.87. The number of pyridine rings is 1. The first-order chi connectivity index (χ1) is 10.1. The third-order valence-electron chi connectivity index (χ3n) is 3.30. The summed E-state index contributed by atoms with van der Waals surface area (Å²) < 4.78 is 27.2. The Kier molecular flexibility index (Phi) is 5.06. The molecule has 0 atom stereocenters. The Balaban J connectivity index is 2.19. The van der Waals surface area contributed by atoms with Crippen LogP contribution in [0.3, 0.4) is 0 Å². The molecule has 0 fully saturated rings. The van der Waals surface area contributed by atoms with Crippen LogP contribution < -0.4 is 10.5 Å². The summed E-state index contributed by atoms with van der Waals surface area (Å²) in [5.74, 6) is 0. The number of aryl methyl sites for hydroxylation is 1. The lowest BCUT2D eigenvalue weighted by atomic mass is 10.1. The first-order valence-electron chi connectivity index (χ1n) is 6.77. The maximum absolute atomic E-state index is 12.3. The molecule has 0 aliphatic heterocycles. The average molecular weight is 305 g/mol. The van der Waals surface area contributed by atoms with E-state index < -0.39 is 10.0 Å². The summed E-state index contributed by atoms with van der Waals surface area (Å²) in [6.45, 7) is 2.58. The van der Waals surface area contributed by atoms with E-state index in [1.54, 1.807) is 36.7 Å². The molecule has 6 heteroatoms. The number of benzene rings is 1. The molecule has 2 aromatic rings. The van der Waals surface area contributed by atoms with Crippen molar-refractivity contribution in [1.82, 2.24) is 9.71 Å². The molecule has 0 radical (unpaired) electrons. The zero-order chi connectivity index (χ0) is 15.3. The molecule has 1 aromatic heterocycles. The van der Waals surface area contributed by atoms with E-state index in [0.717, 1.165) is 23.1 Å². The summed E-state index contributed by atoms with van der Waals surface area (Å²) in [5.41, 5.74) is 8.48. The largest absolute Gasteiger partial charge is 0.326 e. The highest BCUT2D eigenvalue weighted by atomic mass is 32.2. The van der Waals surface area contributed by atoms with Crippen molar-refractivity contribution in [1.29, 1.82) is 0 Å². The number of nitrogens with two attached hydrogens (primary N) is 1. The van der Waals surface area contributed by atoms with Crippen molar-refractivity contribution < 1.29 is 8.42 Å². The van der Waals surface area contributed by atoms with E-state index in [-0.39, 0.29) is 11.4 Å². The zero-order valence-electron chi connectivity index (χ0n) is 11.9. The summed E-state index contributed by atoms with van der Waals surface area (Å²) in [7, 11) is -3.54. The van der Waals surface area contributed by atoms with Crippen LogP contribution in [-0.2, 0) is 29.5 Å². The predicted octanol–water partition coefficient (Wildman–Crippen LogP) is 1.58. The highest BCUT2D eigenvalue weighted by Gasteiger charge is 2.15. The Morgan fingerprint density at radius 1 is 1.14 bits per heavy atom. The minimum Gasteiger partial charge on any atom is -0.326 e. The fourth-order valence-electron chi connectivity index (χ4n) is 2.07. The highest BCUT2D eigenvalue weighted by molar-refractivity contribution is 7.89. The second kappa shape index (κ2) is 6.80. The van der Waals surface area contributed by atoms with Gasteiger partial charge >= 0.3 is 0 Å². The third-order valence-corrected chi connectivity index (χ3v) is 4.70. The molecule has 0 unspecified atom stereocenters. The SMILES string of the molecule is CCc1ccc(S(=O)(=O)NCc2ccncc2)cc1CN. The topological polar surface area (TPSA) is 85.1 Å². The molecule has 0 bridgehead atoms. The van der Waals surface area contributed by atoms with E-state index >= 15 is 0 Å². The lowest BCUT2D eigenvalue weighted by Gasteiger charge is -2.10. The number of nitrogens with zero attached hydrogens (tertiary/aromatic N) is 1. The van der Waals surface area contributed by atoms with Crippen LogP contribution in [0.2, 0.25) is 0 Å². The number of aromatic nitrogens is 1. The lowest BCUT2D eigenvalue weighted by Crippen LogP contribution is -2.23. The van der Waals surface area contributed by atoms with Gasteiger partial charge in [-0.25, -0.2) is 13.1 Å². The van der Waals surface area contributed by atoms with E-state index in [2.05, 4.69) is 9.71 Å². The first-order valence-corrected chi connectivity index (χ1v) is 8.25. The van der Waals surface area contributed by atoms with Crippen molar-refractivity contribution in [3.05, 3.63) is 59.4 Å². The Morgan fingerprint density at radius 2 is 1.86 bits per heavy atom. The van der Waals surface area contributed by atoms with Gasteiger partial charge < -0.3 is 5.73 Å². The second-order valence-corrected chi connectivity index (χ2v) is 6.44. The summed E-state index contributed by atoms with van der Waals surface area (Å²) in [5, 5.41) is 0. The van der Waals surface area contributed by atoms with Crippen molar-refractivity contribution in [2.75, 3.05) is 0 Å². The molecule has 21 heavy (non-hydrogen) atoms. The molecular weight excluding hydrogens is 286 g/mol. The number of rotatable bonds is 6. The van der Waals surface area contributed by atoms with Crippen LogP contribution in [0.5, 0.6) is 0 Å². The predicted molar refractivity (Wildman–Crippen MR) is 82.0 cm³/mol. The van der Waals surface area contributed by atoms with E-state index in [4.69, 9.17) is 5.73 Å². The van der Waals surface area contributed by atoms with Crippen molar-refractivity contribution in [3.63, 3.8) is 0 Å². The summed E-state index contributed by atoms with van der Waals surface area (Å²) in [4.78, 5) is 4.14. The normalized spacial score (nSPS) is 11.5. The number of sulfonamides is 1. The average Bonchev–Trinajstić information content (AvgIpc) is 2.53. The fourth-order valence-corrected chi connectivity index (χ4v) is 3.13. The van der Waals surface area contributed by atoms with Gasteiger partial charge in [-0.3, -0.25) is 4.98 Å². The molecule has 0 saturated heterocycles. The van der Waals surface area contributed by atoms with Crippen LogP contribution in [0.4, 0.5) is 0 Å². The standard InChI is InChI=1S/C15H19N3O2S/c1-2-13-3-4-15(9-14(13)10-16)21(19,20)18-11-12-5-7-17-8-6-12/h3-9,18H,2,10-11,16H2,1H3. The Morgan fingerprint density at radius 3 is 2.48 bits per heavy atom. The van der Waals surface area contributed by atoms with Crippen molar-refractivity contribution in [2.24, 2.45) is 5.73 Å². The Hall–Kier alpha value is -1.76. The van der Waals surface area contributed by atoms with Crippen molar-refractivity contribution >= 4 is 10.0 Å². The molecule has 0 aliphatic carbocycles. The van der Waals surface area contributed by atoms with E-state index in [1.165, 1.54) is 0 Å². The summed E-state index contributed by atoms with van der Waals surface area (Å²) in [6.07, 6.45) is 4.09. The molecule has 0 aliphatic rings.